The quantitative estimate of drug-likeness (QED) is 0.235. The van der Waals surface area contributed by atoms with Gasteiger partial charge in [-0.2, -0.15) is 0 Å². The molecule has 2 aromatic rings. The SMILES string of the molecule is CCC(C)Cc1ccc(-n2ccnc2)c(CNC[C@@H](O)C(C)NC(=O)OC(C)(C)C)c1.C\C=C(C)/C=C(F)\C=C\F. The van der Waals surface area contributed by atoms with Gasteiger partial charge >= 0.3 is 6.09 Å². The predicted octanol–water partition coefficient (Wildman–Crippen LogP) is 7.11. The van der Waals surface area contributed by atoms with E-state index in [4.69, 9.17) is 4.74 Å². The van der Waals surface area contributed by atoms with Crippen LogP contribution in [-0.2, 0) is 17.7 Å². The highest BCUT2D eigenvalue weighted by atomic mass is 19.1. The Kier molecular flexibility index (Phi) is 15.9. The molecule has 0 aliphatic heterocycles. The summed E-state index contributed by atoms with van der Waals surface area (Å²) >= 11 is 0. The van der Waals surface area contributed by atoms with Gasteiger partial charge < -0.3 is 25.0 Å². The number of carbonyl (C=O) groups excluding carboxylic acids is 1. The van der Waals surface area contributed by atoms with Crippen molar-refractivity contribution in [1.82, 2.24) is 20.2 Å². The van der Waals surface area contributed by atoms with E-state index in [0.29, 0.717) is 19.0 Å². The van der Waals surface area contributed by atoms with Gasteiger partial charge in [0.25, 0.3) is 0 Å². The van der Waals surface area contributed by atoms with Gasteiger partial charge in [-0.05, 0) is 77.2 Å². The molecule has 0 bridgehead atoms. The second kappa shape index (κ2) is 18.2. The molecule has 0 saturated heterocycles. The highest BCUT2D eigenvalue weighted by Gasteiger charge is 2.21. The fraction of sp³-hybridized carbons (Fsp3) is 0.500. The zero-order valence-corrected chi connectivity index (χ0v) is 25.7. The van der Waals surface area contributed by atoms with Crippen molar-refractivity contribution in [3.63, 3.8) is 0 Å². The van der Waals surface area contributed by atoms with E-state index in [1.165, 1.54) is 11.6 Å². The number of ether oxygens (including phenoxy) is 1. The second-order valence-corrected chi connectivity index (χ2v) is 11.1. The number of hydrogen-bond acceptors (Lipinski definition) is 5. The molecule has 9 heteroatoms. The number of nitrogens with one attached hydrogen (secondary N) is 2. The summed E-state index contributed by atoms with van der Waals surface area (Å²) in [5.41, 5.74) is 3.70. The Labute approximate surface area is 244 Å². The van der Waals surface area contributed by atoms with Crippen molar-refractivity contribution in [3.8, 4) is 5.69 Å². The predicted molar refractivity (Wildman–Crippen MR) is 162 cm³/mol. The van der Waals surface area contributed by atoms with Crippen LogP contribution in [-0.4, -0.2) is 45.0 Å². The number of benzene rings is 1. The normalized spacial score (nSPS) is 14.7. The number of nitrogens with zero attached hydrogens (tertiary/aromatic N) is 2. The van der Waals surface area contributed by atoms with Crippen LogP contribution < -0.4 is 10.6 Å². The van der Waals surface area contributed by atoms with E-state index >= 15 is 0 Å². The van der Waals surface area contributed by atoms with Gasteiger partial charge in [-0.3, -0.25) is 0 Å². The van der Waals surface area contributed by atoms with Gasteiger partial charge in [0, 0.05) is 31.6 Å². The molecule has 0 fully saturated rings. The Hall–Kier alpha value is -3.30. The smallest absolute Gasteiger partial charge is 0.407 e. The summed E-state index contributed by atoms with van der Waals surface area (Å²) in [7, 11) is 0. The van der Waals surface area contributed by atoms with Crippen LogP contribution >= 0.6 is 0 Å². The number of aromatic nitrogens is 2. The molecule has 3 atom stereocenters. The van der Waals surface area contributed by atoms with Crippen LogP contribution in [0.15, 0.2) is 72.9 Å². The number of aliphatic hydroxyl groups excluding tert-OH is 1. The van der Waals surface area contributed by atoms with Crippen molar-refractivity contribution in [2.75, 3.05) is 6.54 Å². The van der Waals surface area contributed by atoms with Gasteiger partial charge in [-0.15, -0.1) is 0 Å². The molecule has 2 rings (SSSR count). The van der Waals surface area contributed by atoms with E-state index in [0.717, 1.165) is 35.7 Å². The lowest BCUT2D eigenvalue weighted by Gasteiger charge is -2.24. The first-order chi connectivity index (χ1) is 19.3. The Morgan fingerprint density at radius 1 is 1.27 bits per heavy atom. The van der Waals surface area contributed by atoms with E-state index in [9.17, 15) is 18.7 Å². The molecule has 1 amide bonds. The van der Waals surface area contributed by atoms with Crippen LogP contribution in [0, 0.1) is 5.92 Å². The van der Waals surface area contributed by atoms with Gasteiger partial charge in [-0.25, -0.2) is 18.6 Å². The highest BCUT2D eigenvalue weighted by Crippen LogP contribution is 2.20. The van der Waals surface area contributed by atoms with Crippen molar-refractivity contribution in [2.45, 2.75) is 92.5 Å². The van der Waals surface area contributed by atoms with E-state index in [1.54, 1.807) is 39.4 Å². The van der Waals surface area contributed by atoms with E-state index in [-0.39, 0.29) is 6.33 Å². The van der Waals surface area contributed by atoms with Crippen LogP contribution in [0.1, 0.15) is 72.9 Å². The lowest BCUT2D eigenvalue weighted by molar-refractivity contribution is 0.0436. The average molecular weight is 575 g/mol. The fourth-order valence-electron chi connectivity index (χ4n) is 3.64. The first kappa shape index (κ1) is 35.7. The minimum Gasteiger partial charge on any atom is -0.444 e. The number of rotatable bonds is 12. The molecule has 1 heterocycles. The van der Waals surface area contributed by atoms with E-state index in [2.05, 4.69) is 47.7 Å². The molecule has 0 radical (unpaired) electrons. The third-order valence-electron chi connectivity index (χ3n) is 6.24. The molecular weight excluding hydrogens is 526 g/mol. The molecule has 228 valence electrons. The fourth-order valence-corrected chi connectivity index (χ4v) is 3.64. The summed E-state index contributed by atoms with van der Waals surface area (Å²) < 4.78 is 30.9. The van der Waals surface area contributed by atoms with Gasteiger partial charge in [0.2, 0.25) is 0 Å². The van der Waals surface area contributed by atoms with Crippen LogP contribution in [0.2, 0.25) is 0 Å². The number of aliphatic hydroxyl groups is 1. The van der Waals surface area contributed by atoms with E-state index < -0.39 is 29.7 Å². The monoisotopic (exact) mass is 574 g/mol. The van der Waals surface area contributed by atoms with Crippen LogP contribution in [0.25, 0.3) is 5.69 Å². The molecule has 2 unspecified atom stereocenters. The standard InChI is InChI=1S/C24H38N4O3.C8H10F2/c1-7-17(2)12-19-8-9-21(28-11-10-25-16-28)20(13-19)14-26-15-22(29)18(3)27-23(30)31-24(4,5)6;1-3-7(2)6-8(10)4-5-9/h8-11,13,16-18,22,26,29H,7,12,14-15H2,1-6H3,(H,27,30);3-6H,1-2H3/b;5-4+,7-3-,8-6+/t17?,18?,22-;/m1./s1. The summed E-state index contributed by atoms with van der Waals surface area (Å²) in [5, 5.41) is 16.5. The van der Waals surface area contributed by atoms with Gasteiger partial charge in [-0.1, -0.05) is 44.1 Å². The average Bonchev–Trinajstić information content (AvgIpc) is 3.42. The number of allylic oxidation sites excluding steroid dienone is 5. The molecule has 3 N–H and O–H groups in total. The van der Waals surface area contributed by atoms with Crippen molar-refractivity contribution in [3.05, 3.63) is 84.0 Å². The maximum Gasteiger partial charge on any atom is 0.407 e. The minimum absolute atomic E-state index is 0.175. The molecule has 0 aliphatic rings. The number of amides is 1. The zero-order valence-electron chi connectivity index (χ0n) is 25.7. The minimum atomic E-state index is -0.743. The molecule has 41 heavy (non-hydrogen) atoms. The number of halogens is 2. The molecule has 0 aliphatic carbocycles. The lowest BCUT2D eigenvalue weighted by Crippen LogP contribution is -2.47. The van der Waals surface area contributed by atoms with E-state index in [1.807, 2.05) is 31.5 Å². The third kappa shape index (κ3) is 14.8. The number of hydrogen-bond donors (Lipinski definition) is 3. The summed E-state index contributed by atoms with van der Waals surface area (Å²) in [4.78, 5) is 16.1. The Morgan fingerprint density at radius 3 is 2.54 bits per heavy atom. The first-order valence-electron chi connectivity index (χ1n) is 14.0. The molecular formula is C32H48F2N4O3. The molecule has 7 nitrogen and oxygen atoms in total. The second-order valence-electron chi connectivity index (χ2n) is 11.1. The van der Waals surface area contributed by atoms with Crippen molar-refractivity contribution in [1.29, 1.82) is 0 Å². The van der Waals surface area contributed by atoms with Gasteiger partial charge in [0.1, 0.15) is 11.4 Å². The number of imidazole rings is 1. The highest BCUT2D eigenvalue weighted by molar-refractivity contribution is 5.68. The van der Waals surface area contributed by atoms with Crippen molar-refractivity contribution in [2.24, 2.45) is 5.92 Å². The Morgan fingerprint density at radius 2 is 1.98 bits per heavy atom. The molecule has 0 spiro atoms. The molecule has 0 saturated carbocycles. The van der Waals surface area contributed by atoms with Gasteiger partial charge in [0.05, 0.1) is 30.5 Å². The third-order valence-corrected chi connectivity index (χ3v) is 6.24. The first-order valence-corrected chi connectivity index (χ1v) is 14.0. The topological polar surface area (TPSA) is 88.4 Å². The number of alkyl carbamates (subject to hydrolysis) is 1. The summed E-state index contributed by atoms with van der Waals surface area (Å²) in [6.45, 7) is 16.1. The summed E-state index contributed by atoms with van der Waals surface area (Å²) in [5.74, 6) is 0.0552. The molecule has 1 aromatic heterocycles. The lowest BCUT2D eigenvalue weighted by atomic mass is 9.97. The van der Waals surface area contributed by atoms with Crippen LogP contribution in [0.4, 0.5) is 13.6 Å². The van der Waals surface area contributed by atoms with Gasteiger partial charge in [0.15, 0.2) is 0 Å². The maximum absolute atomic E-state index is 12.3. The maximum atomic E-state index is 12.3. The summed E-state index contributed by atoms with van der Waals surface area (Å²) in [6, 6.07) is 6.09. The largest absolute Gasteiger partial charge is 0.444 e. The Bertz CT molecular complexity index is 1140. The Balaban J connectivity index is 0.000000716. The van der Waals surface area contributed by atoms with Crippen molar-refractivity contribution >= 4 is 6.09 Å². The summed E-state index contributed by atoms with van der Waals surface area (Å²) in [6.07, 6.45) is 10.3. The molecule has 1 aromatic carbocycles. The van der Waals surface area contributed by atoms with Crippen LogP contribution in [0.5, 0.6) is 0 Å². The zero-order chi connectivity index (χ0) is 31.0. The van der Waals surface area contributed by atoms with Crippen LogP contribution in [0.3, 0.4) is 0 Å². The number of carbonyl (C=O) groups is 1. The van der Waals surface area contributed by atoms with Crippen molar-refractivity contribution < 1.29 is 23.4 Å².